The van der Waals surface area contributed by atoms with Crippen LogP contribution in [0.4, 0.5) is 11.4 Å². The largest absolute Gasteiger partial charge is 0.378 e. The number of thiol groups is 1. The Balaban J connectivity index is 0.000000541. The highest BCUT2D eigenvalue weighted by molar-refractivity contribution is 7.69. The van der Waals surface area contributed by atoms with Crippen molar-refractivity contribution in [3.8, 4) is 0 Å². The summed E-state index contributed by atoms with van der Waals surface area (Å²) in [5, 5.41) is 21.3. The number of nitro groups is 1. The number of piperazine rings is 1. The van der Waals surface area contributed by atoms with Gasteiger partial charge in [0, 0.05) is 45.3 Å². The molecule has 1 aromatic rings. The fourth-order valence-corrected chi connectivity index (χ4v) is 2.07. The quantitative estimate of drug-likeness (QED) is 0.321. The fourth-order valence-electron chi connectivity index (χ4n) is 2.07. The van der Waals surface area contributed by atoms with Gasteiger partial charge in [-0.1, -0.05) is 12.1 Å². The minimum atomic E-state index is -2.62. The van der Waals surface area contributed by atoms with Crippen LogP contribution >= 0.6 is 0 Å². The summed E-state index contributed by atoms with van der Waals surface area (Å²) in [6.07, 6.45) is 0. The molecule has 1 aromatic carbocycles. The van der Waals surface area contributed by atoms with Crippen LogP contribution in [0.25, 0.3) is 0 Å². The van der Waals surface area contributed by atoms with E-state index in [1.807, 2.05) is 0 Å². The topological polar surface area (TPSA) is 131 Å². The molecular formula is C12H21N5O4S. The molecule has 0 spiro atoms. The number of nitro benzene ring substituents is 1. The van der Waals surface area contributed by atoms with Gasteiger partial charge in [-0.25, -0.2) is 13.6 Å². The standard InChI is InChI=1S/C12H18N4O2.H3NO2S/c17-16(18)12-4-2-1-3-11(12)14-7-10-15-8-5-13-6-9-15;1-4(2)3/h1-4,13-14H,5-10H2;4H,(H2,1,2,3). The molecule has 1 saturated heterocycles. The molecule has 0 unspecified atom stereocenters. The summed E-state index contributed by atoms with van der Waals surface area (Å²) in [5.41, 5.74) is 0.732. The second-order valence-corrected chi connectivity index (χ2v) is 5.15. The van der Waals surface area contributed by atoms with Crippen molar-refractivity contribution >= 4 is 22.3 Å². The molecule has 2 rings (SSSR count). The van der Waals surface area contributed by atoms with Crippen molar-refractivity contribution < 1.29 is 13.3 Å². The molecule has 0 radical (unpaired) electrons. The van der Waals surface area contributed by atoms with Crippen molar-refractivity contribution in [2.24, 2.45) is 5.14 Å². The Hall–Kier alpha value is -1.75. The van der Waals surface area contributed by atoms with Crippen LogP contribution < -0.4 is 15.8 Å². The number of para-hydroxylation sites is 2. The van der Waals surface area contributed by atoms with Crippen molar-refractivity contribution in [3.63, 3.8) is 0 Å². The summed E-state index contributed by atoms with van der Waals surface area (Å²) in [4.78, 5) is 12.8. The number of benzene rings is 1. The van der Waals surface area contributed by atoms with Gasteiger partial charge in [0.05, 0.1) is 4.92 Å². The molecule has 124 valence electrons. The number of anilines is 1. The molecule has 22 heavy (non-hydrogen) atoms. The molecule has 9 nitrogen and oxygen atoms in total. The molecule has 0 atom stereocenters. The number of nitrogens with two attached hydrogens (primary N) is 1. The van der Waals surface area contributed by atoms with Crippen LogP contribution in [0.3, 0.4) is 0 Å². The van der Waals surface area contributed by atoms with E-state index in [2.05, 4.69) is 20.7 Å². The van der Waals surface area contributed by atoms with Gasteiger partial charge >= 0.3 is 0 Å². The Morgan fingerprint density at radius 1 is 1.32 bits per heavy atom. The summed E-state index contributed by atoms with van der Waals surface area (Å²) in [6.45, 7) is 5.76. The van der Waals surface area contributed by atoms with Gasteiger partial charge in [0.1, 0.15) is 5.69 Å². The van der Waals surface area contributed by atoms with Crippen LogP contribution in [0.2, 0.25) is 0 Å². The zero-order valence-corrected chi connectivity index (χ0v) is 13.0. The van der Waals surface area contributed by atoms with Crippen LogP contribution in [0.1, 0.15) is 0 Å². The van der Waals surface area contributed by atoms with Gasteiger partial charge in [-0.2, -0.15) is 0 Å². The summed E-state index contributed by atoms with van der Waals surface area (Å²) < 4.78 is 17.6. The smallest absolute Gasteiger partial charge is 0.292 e. The molecule has 4 N–H and O–H groups in total. The number of hydrogen-bond donors (Lipinski definition) is 4. The Morgan fingerprint density at radius 3 is 2.50 bits per heavy atom. The van der Waals surface area contributed by atoms with Crippen LogP contribution in [0.15, 0.2) is 24.3 Å². The molecule has 1 aliphatic heterocycles. The molecule has 10 heteroatoms. The van der Waals surface area contributed by atoms with Gasteiger partial charge in [-0.15, -0.1) is 0 Å². The maximum atomic E-state index is 10.8. The predicted molar refractivity (Wildman–Crippen MR) is 85.4 cm³/mol. The molecule has 0 aliphatic carbocycles. The predicted octanol–water partition coefficient (Wildman–Crippen LogP) is -0.617. The third kappa shape index (κ3) is 7.31. The van der Waals surface area contributed by atoms with Crippen molar-refractivity contribution in [3.05, 3.63) is 34.4 Å². The SMILES string of the molecule is N[SH](=O)=O.O=[N+]([O-])c1ccccc1NCCN1CCNCC1. The zero-order chi connectivity index (χ0) is 16.4. The molecule has 1 aliphatic rings. The molecular weight excluding hydrogens is 310 g/mol. The molecule has 1 fully saturated rings. The lowest BCUT2D eigenvalue weighted by Gasteiger charge is -2.27. The molecule has 1 heterocycles. The van der Waals surface area contributed by atoms with Crippen LogP contribution in [-0.2, 0) is 10.9 Å². The second kappa shape index (κ2) is 10.1. The van der Waals surface area contributed by atoms with E-state index in [0.29, 0.717) is 5.69 Å². The van der Waals surface area contributed by atoms with E-state index in [0.717, 1.165) is 39.3 Å². The maximum Gasteiger partial charge on any atom is 0.292 e. The van der Waals surface area contributed by atoms with Gasteiger partial charge in [0.25, 0.3) is 5.69 Å². The normalized spacial score (nSPS) is 15.0. The van der Waals surface area contributed by atoms with Crippen molar-refractivity contribution in [2.45, 2.75) is 0 Å². The highest BCUT2D eigenvalue weighted by Crippen LogP contribution is 2.22. The molecule has 0 bridgehead atoms. The van der Waals surface area contributed by atoms with E-state index in [4.69, 9.17) is 8.42 Å². The van der Waals surface area contributed by atoms with E-state index >= 15 is 0 Å². The first kappa shape index (κ1) is 18.3. The Morgan fingerprint density at radius 2 is 1.91 bits per heavy atom. The lowest BCUT2D eigenvalue weighted by atomic mass is 10.2. The summed E-state index contributed by atoms with van der Waals surface area (Å²) in [6, 6.07) is 6.75. The fraction of sp³-hybridized carbons (Fsp3) is 0.500. The van der Waals surface area contributed by atoms with Crippen LogP contribution in [-0.4, -0.2) is 57.5 Å². The Bertz CT molecular complexity index is 538. The number of nitrogens with zero attached hydrogens (tertiary/aromatic N) is 2. The first-order valence-electron chi connectivity index (χ1n) is 6.80. The highest BCUT2D eigenvalue weighted by Gasteiger charge is 2.12. The van der Waals surface area contributed by atoms with E-state index in [9.17, 15) is 10.1 Å². The second-order valence-electron chi connectivity index (χ2n) is 4.58. The minimum Gasteiger partial charge on any atom is -0.378 e. The maximum absolute atomic E-state index is 10.8. The van der Waals surface area contributed by atoms with Gasteiger partial charge in [-0.3, -0.25) is 15.0 Å². The van der Waals surface area contributed by atoms with Crippen molar-refractivity contribution in [2.75, 3.05) is 44.6 Å². The highest BCUT2D eigenvalue weighted by atomic mass is 32.2. The monoisotopic (exact) mass is 331 g/mol. The van der Waals surface area contributed by atoms with E-state index in [1.165, 1.54) is 6.07 Å². The van der Waals surface area contributed by atoms with Crippen molar-refractivity contribution in [1.82, 2.24) is 10.2 Å². The number of hydrogen-bond acceptors (Lipinski definition) is 7. The average Bonchev–Trinajstić information content (AvgIpc) is 2.48. The average molecular weight is 331 g/mol. The third-order valence-corrected chi connectivity index (χ3v) is 3.05. The zero-order valence-electron chi connectivity index (χ0n) is 12.1. The van der Waals surface area contributed by atoms with E-state index in [1.54, 1.807) is 18.2 Å². The van der Waals surface area contributed by atoms with Crippen LogP contribution in [0.5, 0.6) is 0 Å². The Kier molecular flexibility index (Phi) is 8.36. The first-order chi connectivity index (χ1) is 10.5. The van der Waals surface area contributed by atoms with Gasteiger partial charge in [0.2, 0.25) is 0 Å². The first-order valence-corrected chi connectivity index (χ1v) is 8.05. The van der Waals surface area contributed by atoms with Crippen molar-refractivity contribution in [1.29, 1.82) is 0 Å². The van der Waals surface area contributed by atoms with Gasteiger partial charge in [0.15, 0.2) is 10.9 Å². The molecule has 0 aromatic heterocycles. The number of nitrogens with one attached hydrogen (secondary N) is 2. The van der Waals surface area contributed by atoms with E-state index < -0.39 is 10.9 Å². The van der Waals surface area contributed by atoms with Gasteiger partial charge in [-0.05, 0) is 6.07 Å². The molecule has 0 amide bonds. The van der Waals surface area contributed by atoms with Gasteiger partial charge < -0.3 is 10.6 Å². The lowest BCUT2D eigenvalue weighted by Crippen LogP contribution is -2.45. The molecule has 0 saturated carbocycles. The minimum absolute atomic E-state index is 0.137. The lowest BCUT2D eigenvalue weighted by molar-refractivity contribution is -0.384. The third-order valence-electron chi connectivity index (χ3n) is 3.05. The summed E-state index contributed by atoms with van der Waals surface area (Å²) in [7, 11) is -2.62. The van der Waals surface area contributed by atoms with E-state index in [-0.39, 0.29) is 10.6 Å². The summed E-state index contributed by atoms with van der Waals surface area (Å²) in [5.74, 6) is 0. The Labute approximate surface area is 130 Å². The number of rotatable bonds is 5. The van der Waals surface area contributed by atoms with Crippen LogP contribution in [0, 0.1) is 10.1 Å². The summed E-state index contributed by atoms with van der Waals surface area (Å²) >= 11 is 0.